The van der Waals surface area contributed by atoms with Crippen LogP contribution < -0.4 is 0 Å². The van der Waals surface area contributed by atoms with Crippen molar-refractivity contribution in [3.8, 4) is 0 Å². The first-order valence-corrected chi connectivity index (χ1v) is 12.7. The van der Waals surface area contributed by atoms with Crippen LogP contribution in [0.1, 0.15) is 45.1 Å². The highest BCUT2D eigenvalue weighted by Gasteiger charge is 2.17. The van der Waals surface area contributed by atoms with Gasteiger partial charge in [-0.15, -0.1) is 0 Å². The molecule has 0 saturated heterocycles. The first-order chi connectivity index (χ1) is 15.4. The van der Waals surface area contributed by atoms with Gasteiger partial charge in [0.15, 0.2) is 0 Å². The number of esters is 1. The second-order valence-corrected chi connectivity index (χ2v) is 8.96. The van der Waals surface area contributed by atoms with Crippen molar-refractivity contribution in [1.82, 2.24) is 0 Å². The van der Waals surface area contributed by atoms with Gasteiger partial charge in [0.25, 0.3) is 10.1 Å². The Morgan fingerprint density at radius 1 is 0.844 bits per heavy atom. The molecule has 0 fully saturated rings. The molecule has 1 rings (SSSR count). The molecular weight excluding hydrogens is 436 g/mol. The third kappa shape index (κ3) is 12.5. The van der Waals surface area contributed by atoms with E-state index in [2.05, 4.69) is 6.92 Å². The number of benzene rings is 1. The Balaban J connectivity index is 1.95. The van der Waals surface area contributed by atoms with E-state index in [1.165, 1.54) is 12.1 Å². The molecule has 0 aliphatic carbocycles. The first kappa shape index (κ1) is 28.5. The molecule has 0 aliphatic rings. The van der Waals surface area contributed by atoms with Crippen LogP contribution in [-0.4, -0.2) is 67.2 Å². The van der Waals surface area contributed by atoms with Gasteiger partial charge in [0, 0.05) is 0 Å². The van der Waals surface area contributed by atoms with E-state index in [1.54, 1.807) is 12.1 Å². The maximum atomic E-state index is 12.0. The second kappa shape index (κ2) is 17.0. The predicted octanol–water partition coefficient (Wildman–Crippen LogP) is 3.51. The zero-order valence-electron chi connectivity index (χ0n) is 19.5. The molecule has 8 nitrogen and oxygen atoms in total. The van der Waals surface area contributed by atoms with E-state index in [9.17, 15) is 13.2 Å². The topological polar surface area (TPSA) is 97.4 Å². The predicted molar refractivity (Wildman–Crippen MR) is 121 cm³/mol. The summed E-state index contributed by atoms with van der Waals surface area (Å²) in [5.74, 6) is -0.167. The van der Waals surface area contributed by atoms with Gasteiger partial charge in [-0.1, -0.05) is 44.4 Å². The van der Waals surface area contributed by atoms with E-state index in [-0.39, 0.29) is 36.6 Å². The van der Waals surface area contributed by atoms with Gasteiger partial charge in [-0.25, -0.2) is 0 Å². The quantitative estimate of drug-likeness (QED) is 0.171. The number of carbonyl (C=O) groups excluding carboxylic acids is 1. The van der Waals surface area contributed by atoms with Gasteiger partial charge in [0.05, 0.1) is 57.1 Å². The molecular formula is C23H38O8S. The van der Waals surface area contributed by atoms with Crippen molar-refractivity contribution in [2.45, 2.75) is 51.3 Å². The van der Waals surface area contributed by atoms with Crippen molar-refractivity contribution >= 4 is 16.1 Å². The fourth-order valence-electron chi connectivity index (χ4n) is 2.78. The van der Waals surface area contributed by atoms with Crippen LogP contribution in [-0.2, 0) is 38.0 Å². The van der Waals surface area contributed by atoms with E-state index >= 15 is 0 Å². The van der Waals surface area contributed by atoms with Crippen molar-refractivity contribution < 1.29 is 36.3 Å². The molecule has 1 aromatic rings. The fraction of sp³-hybridized carbons (Fsp3) is 0.696. The molecule has 0 bridgehead atoms. The largest absolute Gasteiger partial charge is 0.463 e. The Morgan fingerprint density at radius 3 is 1.91 bits per heavy atom. The van der Waals surface area contributed by atoms with Crippen molar-refractivity contribution in [2.24, 2.45) is 5.92 Å². The summed E-state index contributed by atoms with van der Waals surface area (Å²) in [6.07, 6.45) is 3.77. The second-order valence-electron chi connectivity index (χ2n) is 7.34. The van der Waals surface area contributed by atoms with Crippen LogP contribution in [0.15, 0.2) is 29.2 Å². The third-order valence-electron chi connectivity index (χ3n) is 4.72. The van der Waals surface area contributed by atoms with Crippen molar-refractivity contribution in [3.63, 3.8) is 0 Å². The lowest BCUT2D eigenvalue weighted by Gasteiger charge is -2.13. The summed E-state index contributed by atoms with van der Waals surface area (Å²) >= 11 is 0. The van der Waals surface area contributed by atoms with E-state index in [0.29, 0.717) is 33.0 Å². The molecule has 0 saturated carbocycles. The van der Waals surface area contributed by atoms with Gasteiger partial charge >= 0.3 is 5.97 Å². The SMILES string of the molecule is CCCCC(CC)C(=O)OCCOCCOCCOCCOS(=O)(=O)c1ccc(C)cc1. The maximum absolute atomic E-state index is 12.0. The molecule has 0 radical (unpaired) electrons. The summed E-state index contributed by atoms with van der Waals surface area (Å²) < 4.78 is 50.3. The Bertz CT molecular complexity index is 718. The number of carbonyl (C=O) groups is 1. The zero-order chi connectivity index (χ0) is 23.7. The number of hydrogen-bond acceptors (Lipinski definition) is 8. The Labute approximate surface area is 192 Å². The molecule has 1 atom stereocenters. The fourth-order valence-corrected chi connectivity index (χ4v) is 3.67. The highest BCUT2D eigenvalue weighted by atomic mass is 32.2. The Hall–Kier alpha value is -1.52. The standard InChI is InChI=1S/C23H38O8S/c1-4-6-7-21(5-2)23(24)30-18-16-28-14-12-27-13-15-29-17-19-31-32(25,26)22-10-8-20(3)9-11-22/h8-11,21H,4-7,12-19H2,1-3H3. The van der Waals surface area contributed by atoms with Gasteiger partial charge in [-0.2, -0.15) is 8.42 Å². The lowest BCUT2D eigenvalue weighted by atomic mass is 10.00. The van der Waals surface area contributed by atoms with Crippen molar-refractivity contribution in [2.75, 3.05) is 52.9 Å². The van der Waals surface area contributed by atoms with E-state index < -0.39 is 10.1 Å². The van der Waals surface area contributed by atoms with Crippen molar-refractivity contribution in [1.29, 1.82) is 0 Å². The van der Waals surface area contributed by atoms with Gasteiger partial charge < -0.3 is 18.9 Å². The lowest BCUT2D eigenvalue weighted by molar-refractivity contribution is -0.150. The van der Waals surface area contributed by atoms with Crippen LogP contribution in [0.3, 0.4) is 0 Å². The lowest BCUT2D eigenvalue weighted by Crippen LogP contribution is -2.20. The zero-order valence-corrected chi connectivity index (χ0v) is 20.4. The molecule has 0 aromatic heterocycles. The molecule has 1 aromatic carbocycles. The minimum Gasteiger partial charge on any atom is -0.463 e. The third-order valence-corrected chi connectivity index (χ3v) is 6.05. The minimum atomic E-state index is -3.76. The molecule has 0 amide bonds. The molecule has 32 heavy (non-hydrogen) atoms. The average molecular weight is 475 g/mol. The molecule has 0 N–H and O–H groups in total. The van der Waals surface area contributed by atoms with Crippen LogP contribution in [0.2, 0.25) is 0 Å². The Kier molecular flexibility index (Phi) is 15.2. The maximum Gasteiger partial charge on any atom is 0.308 e. The van der Waals surface area contributed by atoms with Crippen LogP contribution >= 0.6 is 0 Å². The summed E-state index contributed by atoms with van der Waals surface area (Å²) in [5.41, 5.74) is 0.976. The normalized spacial score (nSPS) is 12.6. The number of rotatable bonds is 19. The summed E-state index contributed by atoms with van der Waals surface area (Å²) in [4.78, 5) is 12.1. The van der Waals surface area contributed by atoms with Crippen LogP contribution in [0.4, 0.5) is 0 Å². The van der Waals surface area contributed by atoms with Crippen LogP contribution in [0, 0.1) is 12.8 Å². The number of hydrogen-bond donors (Lipinski definition) is 0. The molecule has 0 aliphatic heterocycles. The molecule has 1 unspecified atom stereocenters. The minimum absolute atomic E-state index is 0.0219. The monoisotopic (exact) mass is 474 g/mol. The van der Waals surface area contributed by atoms with Crippen LogP contribution in [0.5, 0.6) is 0 Å². The van der Waals surface area contributed by atoms with E-state index in [1.807, 2.05) is 13.8 Å². The number of aryl methyl sites for hydroxylation is 1. The molecule has 0 heterocycles. The summed E-state index contributed by atoms with van der Waals surface area (Å²) in [6, 6.07) is 6.47. The van der Waals surface area contributed by atoms with Crippen molar-refractivity contribution in [3.05, 3.63) is 29.8 Å². The summed E-state index contributed by atoms with van der Waals surface area (Å²) in [7, 11) is -3.76. The number of unbranched alkanes of at least 4 members (excludes halogenated alkanes) is 1. The smallest absolute Gasteiger partial charge is 0.308 e. The number of ether oxygens (including phenoxy) is 4. The van der Waals surface area contributed by atoms with E-state index in [4.69, 9.17) is 23.1 Å². The summed E-state index contributed by atoms with van der Waals surface area (Å²) in [6.45, 7) is 8.12. The van der Waals surface area contributed by atoms with E-state index in [0.717, 1.165) is 31.2 Å². The summed E-state index contributed by atoms with van der Waals surface area (Å²) in [5, 5.41) is 0. The van der Waals surface area contributed by atoms with Crippen LogP contribution in [0.25, 0.3) is 0 Å². The molecule has 9 heteroatoms. The highest BCUT2D eigenvalue weighted by molar-refractivity contribution is 7.86. The highest BCUT2D eigenvalue weighted by Crippen LogP contribution is 2.14. The Morgan fingerprint density at radius 2 is 1.38 bits per heavy atom. The first-order valence-electron chi connectivity index (χ1n) is 11.3. The molecule has 0 spiro atoms. The molecule has 184 valence electrons. The van der Waals surface area contributed by atoms with Gasteiger partial charge in [-0.3, -0.25) is 8.98 Å². The van der Waals surface area contributed by atoms with Gasteiger partial charge in [0.2, 0.25) is 0 Å². The van der Waals surface area contributed by atoms with Gasteiger partial charge in [-0.05, 0) is 31.9 Å². The van der Waals surface area contributed by atoms with Gasteiger partial charge in [0.1, 0.15) is 6.61 Å². The average Bonchev–Trinajstić information content (AvgIpc) is 2.77.